The fraction of sp³-hybridized carbons (Fsp3) is 0.391. The zero-order valence-corrected chi connectivity index (χ0v) is 17.6. The molecule has 30 heavy (non-hydrogen) atoms. The van der Waals surface area contributed by atoms with Crippen molar-refractivity contribution in [3.63, 3.8) is 0 Å². The molecule has 2 fully saturated rings. The number of piperidine rings is 2. The summed E-state index contributed by atoms with van der Waals surface area (Å²) in [6, 6.07) is 12.5. The van der Waals surface area contributed by atoms with Crippen LogP contribution in [-0.4, -0.2) is 49.6 Å². The fourth-order valence-electron chi connectivity index (χ4n) is 5.27. The van der Waals surface area contributed by atoms with E-state index in [2.05, 4.69) is 17.3 Å². The number of halogens is 1. The van der Waals surface area contributed by atoms with E-state index in [0.29, 0.717) is 35.1 Å². The summed E-state index contributed by atoms with van der Waals surface area (Å²) in [4.78, 5) is 29.3. The van der Waals surface area contributed by atoms with E-state index in [0.717, 1.165) is 12.1 Å². The predicted octanol–water partition coefficient (Wildman–Crippen LogP) is 3.10. The number of para-hydroxylation sites is 1. The molecule has 7 heteroatoms. The number of ether oxygens (including phenoxy) is 2. The zero-order valence-electron chi connectivity index (χ0n) is 16.9. The number of carbonyl (C=O) groups is 2. The third kappa shape index (κ3) is 2.81. The molecule has 6 nitrogen and oxygen atoms in total. The van der Waals surface area contributed by atoms with E-state index in [9.17, 15) is 9.59 Å². The first-order chi connectivity index (χ1) is 14.4. The Morgan fingerprint density at radius 3 is 2.90 bits per heavy atom. The smallest absolute Gasteiger partial charge is 0.234 e. The van der Waals surface area contributed by atoms with Crippen molar-refractivity contribution in [1.29, 1.82) is 0 Å². The highest BCUT2D eigenvalue weighted by Gasteiger charge is 2.61. The number of hydrogen-bond donors (Lipinski definition) is 1. The van der Waals surface area contributed by atoms with Crippen LogP contribution in [0.25, 0.3) is 0 Å². The van der Waals surface area contributed by atoms with Crippen molar-refractivity contribution in [3.8, 4) is 11.5 Å². The third-order valence-corrected chi connectivity index (χ3v) is 6.90. The Labute approximate surface area is 180 Å². The summed E-state index contributed by atoms with van der Waals surface area (Å²) < 4.78 is 11.8. The van der Waals surface area contributed by atoms with Gasteiger partial charge in [0.2, 0.25) is 5.91 Å². The lowest BCUT2D eigenvalue weighted by molar-refractivity contribution is -0.157. The van der Waals surface area contributed by atoms with Crippen LogP contribution in [0.4, 0.5) is 0 Å². The lowest BCUT2D eigenvalue weighted by atomic mass is 9.63. The Hall–Kier alpha value is -2.57. The molecule has 0 spiro atoms. The molecular weight excluding hydrogens is 404 g/mol. The van der Waals surface area contributed by atoms with E-state index in [1.807, 2.05) is 12.1 Å². The molecule has 3 heterocycles. The summed E-state index contributed by atoms with van der Waals surface area (Å²) in [7, 11) is 3.58. The summed E-state index contributed by atoms with van der Waals surface area (Å²) in [5, 5.41) is 3.65. The SMILES string of the molecule is COc1ccccc1C(=O)[C@H]1C(=O)N[C@@]23CCN(C)C[C@H]2[C@H]1c1cc(Cl)ccc1O3. The Morgan fingerprint density at radius 2 is 2.10 bits per heavy atom. The summed E-state index contributed by atoms with van der Waals surface area (Å²) in [6.07, 6.45) is 0.661. The second kappa shape index (κ2) is 7.00. The van der Waals surface area contributed by atoms with Crippen molar-refractivity contribution < 1.29 is 19.1 Å². The van der Waals surface area contributed by atoms with Gasteiger partial charge >= 0.3 is 0 Å². The van der Waals surface area contributed by atoms with Crippen molar-refractivity contribution in [1.82, 2.24) is 10.2 Å². The number of nitrogens with zero attached hydrogens (tertiary/aromatic N) is 1. The van der Waals surface area contributed by atoms with E-state index >= 15 is 0 Å². The predicted molar refractivity (Wildman–Crippen MR) is 112 cm³/mol. The van der Waals surface area contributed by atoms with Crippen molar-refractivity contribution in [3.05, 3.63) is 58.6 Å². The number of benzene rings is 2. The van der Waals surface area contributed by atoms with E-state index in [1.54, 1.807) is 30.3 Å². The third-order valence-electron chi connectivity index (χ3n) is 6.66. The molecule has 2 aromatic rings. The first kappa shape index (κ1) is 19.4. The van der Waals surface area contributed by atoms with Crippen LogP contribution < -0.4 is 14.8 Å². The standard InChI is InChI=1S/C23H23ClN2O4/c1-26-10-9-23-16(12-26)19(15-11-13(24)7-8-18(15)30-23)20(22(28)25-23)21(27)14-5-3-4-6-17(14)29-2/h3-8,11,16,19-20H,9-10,12H2,1-2H3,(H,25,28)/t16-,19+,20-,23+/m0/s1. The highest BCUT2D eigenvalue weighted by molar-refractivity contribution is 6.30. The number of nitrogens with one attached hydrogen (secondary N) is 1. The van der Waals surface area contributed by atoms with E-state index in [4.69, 9.17) is 21.1 Å². The highest BCUT2D eigenvalue weighted by atomic mass is 35.5. The van der Waals surface area contributed by atoms with Crippen LogP contribution in [0.2, 0.25) is 5.02 Å². The van der Waals surface area contributed by atoms with Crippen molar-refractivity contribution >= 4 is 23.3 Å². The van der Waals surface area contributed by atoms with Gasteiger partial charge in [-0.2, -0.15) is 0 Å². The number of ketones is 1. The molecule has 156 valence electrons. The van der Waals surface area contributed by atoms with Gasteiger partial charge in [-0.3, -0.25) is 9.59 Å². The minimum Gasteiger partial charge on any atom is -0.496 e. The molecule has 2 aromatic carbocycles. The highest BCUT2D eigenvalue weighted by Crippen LogP contribution is 2.54. The van der Waals surface area contributed by atoms with E-state index < -0.39 is 11.6 Å². The second-order valence-corrected chi connectivity index (χ2v) is 8.79. The molecule has 1 amide bonds. The quantitative estimate of drug-likeness (QED) is 0.603. The molecule has 0 saturated carbocycles. The number of carbonyl (C=O) groups excluding carboxylic acids is 2. The van der Waals surface area contributed by atoms with Crippen molar-refractivity contribution in [2.24, 2.45) is 11.8 Å². The maximum atomic E-state index is 13.7. The molecule has 0 aliphatic carbocycles. The molecule has 0 radical (unpaired) electrons. The van der Waals surface area contributed by atoms with Crippen LogP contribution >= 0.6 is 11.6 Å². The number of amides is 1. The molecule has 1 N–H and O–H groups in total. The monoisotopic (exact) mass is 426 g/mol. The van der Waals surface area contributed by atoms with Crippen LogP contribution in [0.15, 0.2) is 42.5 Å². The van der Waals surface area contributed by atoms with Gasteiger partial charge in [0, 0.05) is 41.9 Å². The van der Waals surface area contributed by atoms with Gasteiger partial charge in [-0.25, -0.2) is 0 Å². The summed E-state index contributed by atoms with van der Waals surface area (Å²) in [6.45, 7) is 1.52. The maximum absolute atomic E-state index is 13.7. The van der Waals surface area contributed by atoms with Crippen LogP contribution in [-0.2, 0) is 4.79 Å². The molecule has 3 aliphatic heterocycles. The number of methoxy groups -OCH3 is 1. The maximum Gasteiger partial charge on any atom is 0.234 e. The zero-order chi connectivity index (χ0) is 21.0. The number of rotatable bonds is 3. The molecular formula is C23H23ClN2O4. The van der Waals surface area contributed by atoms with E-state index in [1.165, 1.54) is 7.11 Å². The fourth-order valence-corrected chi connectivity index (χ4v) is 5.45. The average Bonchev–Trinajstić information content (AvgIpc) is 2.74. The van der Waals surface area contributed by atoms with E-state index in [-0.39, 0.29) is 23.5 Å². The molecule has 3 aliphatic rings. The molecule has 0 unspecified atom stereocenters. The van der Waals surface area contributed by atoms with Gasteiger partial charge in [0.1, 0.15) is 17.4 Å². The minimum atomic E-state index is -0.882. The average molecular weight is 427 g/mol. The Bertz CT molecular complexity index is 1040. The lowest BCUT2D eigenvalue weighted by Gasteiger charge is -2.57. The molecule has 2 saturated heterocycles. The molecule has 0 aromatic heterocycles. The largest absolute Gasteiger partial charge is 0.496 e. The topological polar surface area (TPSA) is 67.9 Å². The van der Waals surface area contributed by atoms with Gasteiger partial charge in [0.25, 0.3) is 0 Å². The summed E-state index contributed by atoms with van der Waals surface area (Å²) >= 11 is 6.31. The molecule has 2 bridgehead atoms. The van der Waals surface area contributed by atoms with Gasteiger partial charge in [-0.15, -0.1) is 0 Å². The first-order valence-electron chi connectivity index (χ1n) is 10.1. The van der Waals surface area contributed by atoms with Crippen LogP contribution in [0.5, 0.6) is 11.5 Å². The van der Waals surface area contributed by atoms with Gasteiger partial charge in [0.05, 0.1) is 12.7 Å². The van der Waals surface area contributed by atoms with Gasteiger partial charge in [-0.05, 0) is 37.4 Å². The number of hydrogen-bond acceptors (Lipinski definition) is 5. The Morgan fingerprint density at radius 1 is 1.30 bits per heavy atom. The van der Waals surface area contributed by atoms with Crippen LogP contribution in [0.3, 0.4) is 0 Å². The van der Waals surface area contributed by atoms with Gasteiger partial charge in [-0.1, -0.05) is 23.7 Å². The van der Waals surface area contributed by atoms with Crippen LogP contribution in [0, 0.1) is 11.8 Å². The van der Waals surface area contributed by atoms with Crippen molar-refractivity contribution in [2.45, 2.75) is 18.1 Å². The van der Waals surface area contributed by atoms with Crippen molar-refractivity contribution in [2.75, 3.05) is 27.2 Å². The second-order valence-electron chi connectivity index (χ2n) is 8.35. The number of Topliss-reactive ketones (excluding diaryl/α,β-unsaturated/α-hetero) is 1. The summed E-state index contributed by atoms with van der Waals surface area (Å²) in [5.74, 6) is -0.682. The first-order valence-corrected chi connectivity index (χ1v) is 10.5. The number of fused-ring (bicyclic) bond motifs is 2. The van der Waals surface area contributed by atoms with Crippen LogP contribution in [0.1, 0.15) is 28.3 Å². The normalized spacial score (nSPS) is 29.8. The number of likely N-dealkylation sites (tertiary alicyclic amines) is 1. The Balaban J connectivity index is 1.67. The lowest BCUT2D eigenvalue weighted by Crippen LogP contribution is -2.72. The molecule has 4 atom stereocenters. The minimum absolute atomic E-state index is 0.0661. The van der Waals surface area contributed by atoms with Gasteiger partial charge in [0.15, 0.2) is 11.5 Å². The van der Waals surface area contributed by atoms with Gasteiger partial charge < -0.3 is 19.7 Å². The Kier molecular flexibility index (Phi) is 4.52. The summed E-state index contributed by atoms with van der Waals surface area (Å²) in [5.41, 5.74) is 0.431. The molecule has 5 rings (SSSR count).